The number of benzene rings is 1. The van der Waals surface area contributed by atoms with Crippen molar-refractivity contribution in [1.29, 1.82) is 5.26 Å². The van der Waals surface area contributed by atoms with Gasteiger partial charge in [0.15, 0.2) is 11.5 Å². The number of nitrogens with zero attached hydrogens (tertiary/aromatic N) is 1. The summed E-state index contributed by atoms with van der Waals surface area (Å²) in [7, 11) is 0. The predicted octanol–water partition coefficient (Wildman–Crippen LogP) is 2.23. The molecular formula is C16H12N2O4. The number of fused-ring (bicyclic) bond motifs is 1. The molecule has 0 radical (unpaired) electrons. The maximum atomic E-state index is 12.0. The van der Waals surface area contributed by atoms with E-state index in [0.717, 1.165) is 0 Å². The van der Waals surface area contributed by atoms with Crippen LogP contribution in [-0.2, 0) is 11.3 Å². The molecule has 1 N–H and O–H groups in total. The summed E-state index contributed by atoms with van der Waals surface area (Å²) in [5.41, 5.74) is 0.694. The summed E-state index contributed by atoms with van der Waals surface area (Å²) < 4.78 is 15.6. The molecule has 1 aromatic carbocycles. The Balaban J connectivity index is 1.72. The summed E-state index contributed by atoms with van der Waals surface area (Å²) in [5, 5.41) is 11.8. The third-order valence-corrected chi connectivity index (χ3v) is 3.08. The van der Waals surface area contributed by atoms with Crippen LogP contribution in [-0.4, -0.2) is 12.7 Å². The van der Waals surface area contributed by atoms with Gasteiger partial charge in [-0.2, -0.15) is 5.26 Å². The van der Waals surface area contributed by atoms with Gasteiger partial charge in [-0.1, -0.05) is 6.07 Å². The van der Waals surface area contributed by atoms with Crippen LogP contribution in [0.3, 0.4) is 0 Å². The highest BCUT2D eigenvalue weighted by molar-refractivity contribution is 6.01. The summed E-state index contributed by atoms with van der Waals surface area (Å²) in [5.74, 6) is 1.41. The van der Waals surface area contributed by atoms with Gasteiger partial charge in [0, 0.05) is 0 Å². The van der Waals surface area contributed by atoms with Gasteiger partial charge in [-0.3, -0.25) is 4.79 Å². The van der Waals surface area contributed by atoms with Gasteiger partial charge in [0.25, 0.3) is 5.91 Å². The van der Waals surface area contributed by atoms with Gasteiger partial charge in [-0.25, -0.2) is 0 Å². The smallest absolute Gasteiger partial charge is 0.262 e. The molecule has 6 heteroatoms. The topological polar surface area (TPSA) is 84.5 Å². The molecule has 2 heterocycles. The third-order valence-electron chi connectivity index (χ3n) is 3.08. The monoisotopic (exact) mass is 296 g/mol. The Morgan fingerprint density at radius 1 is 1.32 bits per heavy atom. The van der Waals surface area contributed by atoms with Crippen molar-refractivity contribution >= 4 is 12.0 Å². The molecule has 1 amide bonds. The molecule has 0 bridgehead atoms. The van der Waals surface area contributed by atoms with Crippen LogP contribution in [0.25, 0.3) is 6.08 Å². The average Bonchev–Trinajstić information content (AvgIpc) is 3.20. The van der Waals surface area contributed by atoms with E-state index in [-0.39, 0.29) is 18.9 Å². The molecule has 0 spiro atoms. The standard InChI is InChI=1S/C16H12N2O4/c17-8-12(16(19)18-9-13-2-1-5-20-13)6-11-3-4-14-15(7-11)22-10-21-14/h1-7H,9-10H2,(H,18,19)/b12-6+. The zero-order valence-electron chi connectivity index (χ0n) is 11.5. The second-order valence-corrected chi connectivity index (χ2v) is 4.54. The van der Waals surface area contributed by atoms with E-state index in [1.165, 1.54) is 12.3 Å². The largest absolute Gasteiger partial charge is 0.467 e. The van der Waals surface area contributed by atoms with E-state index in [9.17, 15) is 4.79 Å². The summed E-state index contributed by atoms with van der Waals surface area (Å²) in [4.78, 5) is 12.0. The molecule has 22 heavy (non-hydrogen) atoms. The number of nitrogens with one attached hydrogen (secondary N) is 1. The van der Waals surface area contributed by atoms with Gasteiger partial charge in [-0.15, -0.1) is 0 Å². The Morgan fingerprint density at radius 2 is 2.18 bits per heavy atom. The number of hydrogen-bond donors (Lipinski definition) is 1. The zero-order chi connectivity index (χ0) is 15.4. The zero-order valence-corrected chi connectivity index (χ0v) is 11.5. The Morgan fingerprint density at radius 3 is 2.95 bits per heavy atom. The molecular weight excluding hydrogens is 284 g/mol. The van der Waals surface area contributed by atoms with Crippen molar-refractivity contribution in [2.24, 2.45) is 0 Å². The first kappa shape index (κ1) is 13.8. The summed E-state index contributed by atoms with van der Waals surface area (Å²) in [6.07, 6.45) is 3.02. The van der Waals surface area contributed by atoms with Crippen LogP contribution in [0.4, 0.5) is 0 Å². The van der Waals surface area contributed by atoms with Crippen LogP contribution < -0.4 is 14.8 Å². The van der Waals surface area contributed by atoms with Crippen LogP contribution in [0.1, 0.15) is 11.3 Å². The maximum absolute atomic E-state index is 12.0. The van der Waals surface area contributed by atoms with E-state index in [2.05, 4.69) is 5.32 Å². The lowest BCUT2D eigenvalue weighted by molar-refractivity contribution is -0.117. The van der Waals surface area contributed by atoms with Crippen molar-refractivity contribution < 1.29 is 18.7 Å². The number of furan rings is 1. The van der Waals surface area contributed by atoms with E-state index >= 15 is 0 Å². The van der Waals surface area contributed by atoms with E-state index in [4.69, 9.17) is 19.2 Å². The quantitative estimate of drug-likeness (QED) is 0.691. The summed E-state index contributed by atoms with van der Waals surface area (Å²) in [6.45, 7) is 0.406. The van der Waals surface area contributed by atoms with Crippen molar-refractivity contribution in [3.8, 4) is 17.6 Å². The number of carbonyl (C=O) groups excluding carboxylic acids is 1. The minimum atomic E-state index is -0.462. The van der Waals surface area contributed by atoms with Gasteiger partial charge in [-0.05, 0) is 35.9 Å². The number of ether oxygens (including phenoxy) is 2. The highest BCUT2D eigenvalue weighted by Crippen LogP contribution is 2.33. The first-order valence-electron chi connectivity index (χ1n) is 6.58. The normalized spacial score (nSPS) is 12.8. The third kappa shape index (κ3) is 2.94. The minimum absolute atomic E-state index is 0.00502. The van der Waals surface area contributed by atoms with Crippen molar-refractivity contribution in [2.75, 3.05) is 6.79 Å². The number of rotatable bonds is 4. The molecule has 0 saturated heterocycles. The Kier molecular flexibility index (Phi) is 3.79. The van der Waals surface area contributed by atoms with Gasteiger partial charge in [0.2, 0.25) is 6.79 Å². The van der Waals surface area contributed by atoms with Gasteiger partial charge < -0.3 is 19.2 Å². The maximum Gasteiger partial charge on any atom is 0.262 e. The lowest BCUT2D eigenvalue weighted by Crippen LogP contribution is -2.23. The number of amides is 1. The number of carbonyl (C=O) groups is 1. The predicted molar refractivity (Wildman–Crippen MR) is 76.7 cm³/mol. The molecule has 1 aliphatic heterocycles. The lowest BCUT2D eigenvalue weighted by Gasteiger charge is -2.02. The second-order valence-electron chi connectivity index (χ2n) is 4.54. The lowest BCUT2D eigenvalue weighted by atomic mass is 10.1. The fourth-order valence-electron chi connectivity index (χ4n) is 1.99. The van der Waals surface area contributed by atoms with Crippen molar-refractivity contribution in [3.63, 3.8) is 0 Å². The van der Waals surface area contributed by atoms with Crippen LogP contribution in [0.5, 0.6) is 11.5 Å². The minimum Gasteiger partial charge on any atom is -0.467 e. The highest BCUT2D eigenvalue weighted by Gasteiger charge is 2.14. The molecule has 0 fully saturated rings. The molecule has 0 aliphatic carbocycles. The Hall–Kier alpha value is -3.20. The van der Waals surface area contributed by atoms with E-state index in [1.807, 2.05) is 6.07 Å². The van der Waals surface area contributed by atoms with E-state index in [0.29, 0.717) is 22.8 Å². The van der Waals surface area contributed by atoms with Crippen molar-refractivity contribution in [1.82, 2.24) is 5.32 Å². The molecule has 110 valence electrons. The molecule has 2 aromatic rings. The highest BCUT2D eigenvalue weighted by atomic mass is 16.7. The molecule has 1 aliphatic rings. The molecule has 6 nitrogen and oxygen atoms in total. The van der Waals surface area contributed by atoms with E-state index < -0.39 is 5.91 Å². The van der Waals surface area contributed by atoms with Gasteiger partial charge in [0.1, 0.15) is 17.4 Å². The first-order valence-corrected chi connectivity index (χ1v) is 6.58. The molecule has 0 atom stereocenters. The molecule has 3 rings (SSSR count). The Labute approximate surface area is 126 Å². The van der Waals surface area contributed by atoms with Crippen LogP contribution in [0, 0.1) is 11.3 Å². The summed E-state index contributed by atoms with van der Waals surface area (Å²) >= 11 is 0. The average molecular weight is 296 g/mol. The van der Waals surface area contributed by atoms with Crippen LogP contribution >= 0.6 is 0 Å². The summed E-state index contributed by atoms with van der Waals surface area (Å²) in [6, 6.07) is 10.6. The Bertz CT molecular complexity index is 757. The molecule has 0 unspecified atom stereocenters. The number of nitriles is 1. The molecule has 1 aromatic heterocycles. The second kappa shape index (κ2) is 6.06. The number of hydrogen-bond acceptors (Lipinski definition) is 5. The van der Waals surface area contributed by atoms with Crippen molar-refractivity contribution in [2.45, 2.75) is 6.54 Å². The van der Waals surface area contributed by atoms with Crippen LogP contribution in [0.2, 0.25) is 0 Å². The molecule has 0 saturated carbocycles. The van der Waals surface area contributed by atoms with E-state index in [1.54, 1.807) is 30.3 Å². The van der Waals surface area contributed by atoms with Gasteiger partial charge in [0.05, 0.1) is 12.8 Å². The SMILES string of the molecule is N#C/C(=C\c1ccc2c(c1)OCO2)C(=O)NCc1ccco1. The van der Waals surface area contributed by atoms with Crippen LogP contribution in [0.15, 0.2) is 46.6 Å². The van der Waals surface area contributed by atoms with Gasteiger partial charge >= 0.3 is 0 Å². The fraction of sp³-hybridized carbons (Fsp3) is 0.125. The fourth-order valence-corrected chi connectivity index (χ4v) is 1.99. The first-order chi connectivity index (χ1) is 10.8. The van der Waals surface area contributed by atoms with Crippen molar-refractivity contribution in [3.05, 3.63) is 53.5 Å².